The van der Waals surface area contributed by atoms with Crippen LogP contribution in [0.15, 0.2) is 0 Å². The van der Waals surface area contributed by atoms with Gasteiger partial charge in [0.2, 0.25) is 0 Å². The van der Waals surface area contributed by atoms with E-state index in [0.717, 1.165) is 5.75 Å². The van der Waals surface area contributed by atoms with E-state index in [1.165, 1.54) is 6.92 Å². The van der Waals surface area contributed by atoms with E-state index in [1.807, 2.05) is 13.8 Å². The van der Waals surface area contributed by atoms with Crippen LogP contribution in [0.5, 0.6) is 0 Å². The van der Waals surface area contributed by atoms with E-state index in [0.29, 0.717) is 0 Å². The normalized spacial score (nSPS) is 39.5. The molecule has 0 N–H and O–H groups in total. The summed E-state index contributed by atoms with van der Waals surface area (Å²) in [5.74, 6) is 0.0114. The lowest BCUT2D eigenvalue weighted by atomic mass is 10.2. The minimum atomic E-state index is -0.547. The maximum absolute atomic E-state index is 10.8. The monoisotopic (exact) mass is 218 g/mol. The third kappa shape index (κ3) is 1.89. The van der Waals surface area contributed by atoms with Crippen LogP contribution in [0, 0.1) is 0 Å². The zero-order chi connectivity index (χ0) is 10.3. The van der Waals surface area contributed by atoms with Crippen LogP contribution in [0.2, 0.25) is 0 Å². The highest BCUT2D eigenvalue weighted by Crippen LogP contribution is 2.41. The van der Waals surface area contributed by atoms with Crippen molar-refractivity contribution in [3.05, 3.63) is 0 Å². The molecule has 0 saturated carbocycles. The summed E-state index contributed by atoms with van der Waals surface area (Å²) in [6.07, 6.45) is -0.0572. The van der Waals surface area contributed by atoms with Gasteiger partial charge in [0, 0.05) is 12.7 Å². The number of esters is 1. The second kappa shape index (κ2) is 3.40. The van der Waals surface area contributed by atoms with Crippen molar-refractivity contribution >= 4 is 17.7 Å². The summed E-state index contributed by atoms with van der Waals surface area (Å²) in [7, 11) is 0. The Kier molecular flexibility index (Phi) is 2.49. The van der Waals surface area contributed by atoms with Crippen molar-refractivity contribution in [3.63, 3.8) is 0 Å². The van der Waals surface area contributed by atoms with Gasteiger partial charge in [0.05, 0.1) is 0 Å². The molecule has 4 nitrogen and oxygen atoms in total. The predicted molar refractivity (Wildman–Crippen MR) is 51.8 cm³/mol. The quantitative estimate of drug-likeness (QED) is 0.618. The van der Waals surface area contributed by atoms with E-state index >= 15 is 0 Å². The summed E-state index contributed by atoms with van der Waals surface area (Å²) >= 11 is 1.57. The highest BCUT2D eigenvalue weighted by Gasteiger charge is 2.51. The third-order valence-electron chi connectivity index (χ3n) is 2.20. The van der Waals surface area contributed by atoms with Gasteiger partial charge in [-0.25, -0.2) is 0 Å². The van der Waals surface area contributed by atoms with Crippen molar-refractivity contribution in [1.82, 2.24) is 0 Å². The molecular weight excluding hydrogens is 204 g/mol. The summed E-state index contributed by atoms with van der Waals surface area (Å²) in [6, 6.07) is 0. The molecule has 1 unspecified atom stereocenters. The Balaban J connectivity index is 2.01. The number of rotatable bonds is 1. The average molecular weight is 218 g/mol. The molecule has 2 heterocycles. The number of fused-ring (bicyclic) bond motifs is 1. The van der Waals surface area contributed by atoms with Crippen molar-refractivity contribution in [2.24, 2.45) is 0 Å². The Labute approximate surface area is 87.3 Å². The smallest absolute Gasteiger partial charge is 0.303 e. The molecular formula is C9H14O4S. The number of thioether (sulfide) groups is 1. The van der Waals surface area contributed by atoms with Crippen molar-refractivity contribution < 1.29 is 19.0 Å². The molecule has 0 aliphatic carbocycles. The van der Waals surface area contributed by atoms with Gasteiger partial charge < -0.3 is 14.2 Å². The molecule has 80 valence electrons. The van der Waals surface area contributed by atoms with Crippen molar-refractivity contribution in [3.8, 4) is 0 Å². The van der Waals surface area contributed by atoms with Crippen molar-refractivity contribution in [2.45, 2.75) is 44.2 Å². The first-order valence-electron chi connectivity index (χ1n) is 4.62. The zero-order valence-electron chi connectivity index (χ0n) is 8.48. The number of carbonyl (C=O) groups excluding carboxylic acids is 1. The number of hydrogen-bond acceptors (Lipinski definition) is 5. The minimum Gasteiger partial charge on any atom is -0.449 e. The van der Waals surface area contributed by atoms with E-state index in [-0.39, 0.29) is 23.6 Å². The molecule has 2 rings (SSSR count). The Bertz CT molecular complexity index is 253. The summed E-state index contributed by atoms with van der Waals surface area (Å²) in [5, 5.41) is 0. The molecule has 0 aromatic rings. The highest BCUT2D eigenvalue weighted by molar-refractivity contribution is 8.00. The number of hydrogen-bond donors (Lipinski definition) is 0. The molecule has 0 radical (unpaired) electrons. The summed E-state index contributed by atoms with van der Waals surface area (Å²) in [4.78, 5) is 10.8. The molecule has 0 amide bonds. The lowest BCUT2D eigenvalue weighted by Gasteiger charge is -2.20. The second-order valence-corrected chi connectivity index (χ2v) is 5.08. The Morgan fingerprint density at radius 1 is 1.50 bits per heavy atom. The van der Waals surface area contributed by atoms with Gasteiger partial charge >= 0.3 is 5.97 Å². The minimum absolute atomic E-state index is 0.0550. The van der Waals surface area contributed by atoms with Gasteiger partial charge in [0.1, 0.15) is 12.2 Å². The van der Waals surface area contributed by atoms with E-state index in [1.54, 1.807) is 11.8 Å². The fourth-order valence-electron chi connectivity index (χ4n) is 1.77. The molecule has 3 atom stereocenters. The van der Waals surface area contributed by atoms with E-state index < -0.39 is 5.79 Å². The summed E-state index contributed by atoms with van der Waals surface area (Å²) in [6.45, 7) is 5.16. The SMILES string of the molecule is CC(=O)O[C@@H]1SCC2OC(C)(C)O[C@@H]21. The first-order chi connectivity index (χ1) is 6.48. The lowest BCUT2D eigenvalue weighted by molar-refractivity contribution is -0.162. The summed E-state index contributed by atoms with van der Waals surface area (Å²) < 4.78 is 16.5. The molecule has 2 fully saturated rings. The number of ether oxygens (including phenoxy) is 3. The standard InChI is InChI=1S/C9H14O4S/c1-5(10)11-8-7-6(4-14-8)12-9(2,3)13-7/h6-8H,4H2,1-3H3/t6?,7-,8+/m0/s1. The lowest BCUT2D eigenvalue weighted by Crippen LogP contribution is -2.30. The van der Waals surface area contributed by atoms with Crippen LogP contribution < -0.4 is 0 Å². The fraction of sp³-hybridized carbons (Fsp3) is 0.889. The zero-order valence-corrected chi connectivity index (χ0v) is 9.30. The van der Waals surface area contributed by atoms with Gasteiger partial charge in [-0.15, -0.1) is 11.8 Å². The topological polar surface area (TPSA) is 44.8 Å². The van der Waals surface area contributed by atoms with Gasteiger partial charge in [0.15, 0.2) is 11.2 Å². The van der Waals surface area contributed by atoms with Crippen LogP contribution in [0.3, 0.4) is 0 Å². The van der Waals surface area contributed by atoms with Crippen molar-refractivity contribution in [1.29, 1.82) is 0 Å². The van der Waals surface area contributed by atoms with Gasteiger partial charge in [-0.1, -0.05) is 0 Å². The van der Waals surface area contributed by atoms with Crippen LogP contribution in [-0.2, 0) is 19.0 Å². The second-order valence-electron chi connectivity index (χ2n) is 3.95. The van der Waals surface area contributed by atoms with Crippen LogP contribution in [0.4, 0.5) is 0 Å². The highest BCUT2D eigenvalue weighted by atomic mass is 32.2. The fourth-order valence-corrected chi connectivity index (χ4v) is 3.03. The van der Waals surface area contributed by atoms with Gasteiger partial charge in [0.25, 0.3) is 0 Å². The third-order valence-corrected chi connectivity index (χ3v) is 3.41. The van der Waals surface area contributed by atoms with E-state index in [9.17, 15) is 4.79 Å². The molecule has 14 heavy (non-hydrogen) atoms. The Morgan fingerprint density at radius 3 is 2.86 bits per heavy atom. The maximum Gasteiger partial charge on any atom is 0.303 e. The van der Waals surface area contributed by atoms with Crippen molar-refractivity contribution in [2.75, 3.05) is 5.75 Å². The molecule has 0 aromatic heterocycles. The van der Waals surface area contributed by atoms with Gasteiger partial charge in [-0.2, -0.15) is 0 Å². The van der Waals surface area contributed by atoms with Crippen LogP contribution in [0.25, 0.3) is 0 Å². The first kappa shape index (κ1) is 10.3. The predicted octanol–water partition coefficient (Wildman–Crippen LogP) is 1.14. The molecule has 5 heteroatoms. The van der Waals surface area contributed by atoms with E-state index in [4.69, 9.17) is 14.2 Å². The Morgan fingerprint density at radius 2 is 2.21 bits per heavy atom. The molecule has 0 bridgehead atoms. The maximum atomic E-state index is 10.8. The Hall–Kier alpha value is -0.260. The van der Waals surface area contributed by atoms with Crippen LogP contribution >= 0.6 is 11.8 Å². The molecule has 2 aliphatic heterocycles. The molecule has 2 aliphatic rings. The molecule has 0 aromatic carbocycles. The molecule has 0 spiro atoms. The largest absolute Gasteiger partial charge is 0.449 e. The van der Waals surface area contributed by atoms with Crippen LogP contribution in [-0.4, -0.2) is 35.2 Å². The van der Waals surface area contributed by atoms with Gasteiger partial charge in [-0.05, 0) is 13.8 Å². The van der Waals surface area contributed by atoms with Crippen LogP contribution in [0.1, 0.15) is 20.8 Å². The number of carbonyl (C=O) groups is 1. The van der Waals surface area contributed by atoms with E-state index in [2.05, 4.69) is 0 Å². The van der Waals surface area contributed by atoms with Gasteiger partial charge in [-0.3, -0.25) is 4.79 Å². The molecule has 2 saturated heterocycles. The average Bonchev–Trinajstić information content (AvgIpc) is 2.47. The first-order valence-corrected chi connectivity index (χ1v) is 5.67. The summed E-state index contributed by atoms with van der Waals surface area (Å²) in [5.41, 5.74) is -0.209.